The zero-order chi connectivity index (χ0) is 26.3. The van der Waals surface area contributed by atoms with Gasteiger partial charge in [-0.2, -0.15) is 0 Å². The van der Waals surface area contributed by atoms with Crippen LogP contribution in [0.5, 0.6) is 11.5 Å². The molecule has 6 heteroatoms. The number of nitrogens with zero attached hydrogens (tertiary/aromatic N) is 2. The molecule has 2 fully saturated rings. The first kappa shape index (κ1) is 29.4. The van der Waals surface area contributed by atoms with E-state index >= 15 is 0 Å². The third-order valence-electron chi connectivity index (χ3n) is 8.31. The molecular weight excluding hydrogens is 464 g/mol. The van der Waals surface area contributed by atoms with Crippen molar-refractivity contribution in [3.63, 3.8) is 0 Å². The lowest BCUT2D eigenvalue weighted by Gasteiger charge is -2.33. The molecule has 1 aromatic carbocycles. The minimum absolute atomic E-state index is 0.366. The van der Waals surface area contributed by atoms with Crippen LogP contribution in [0.2, 0.25) is 0 Å². The van der Waals surface area contributed by atoms with Crippen LogP contribution in [-0.4, -0.2) is 55.5 Å². The highest BCUT2D eigenvalue weighted by Gasteiger charge is 2.23. The summed E-state index contributed by atoms with van der Waals surface area (Å²) in [4.78, 5) is 15.4. The molecule has 2 aliphatic heterocycles. The van der Waals surface area contributed by atoms with Crippen LogP contribution < -0.4 is 14.4 Å². The molecule has 0 radical (unpaired) electrons. The Hall–Kier alpha value is -2.11. The summed E-state index contributed by atoms with van der Waals surface area (Å²) in [5.41, 5.74) is 1.23. The summed E-state index contributed by atoms with van der Waals surface area (Å²) in [5, 5.41) is 9.32. The Kier molecular flexibility index (Phi) is 13.3. The normalized spacial score (nSPS) is 18.7. The quantitative estimate of drug-likeness (QED) is 0.226. The Morgan fingerprint density at radius 2 is 1.57 bits per heavy atom. The number of amides is 1. The summed E-state index contributed by atoms with van der Waals surface area (Å²) < 4.78 is 12.5. The Bertz CT molecular complexity index is 778. The number of piperidine rings is 2. The zero-order valence-electron chi connectivity index (χ0n) is 23.6. The van der Waals surface area contributed by atoms with Crippen molar-refractivity contribution in [1.82, 2.24) is 4.90 Å². The fraction of sp³-hybridized carbons (Fsp3) is 0.774. The van der Waals surface area contributed by atoms with Crippen LogP contribution in [0.1, 0.15) is 104 Å². The summed E-state index contributed by atoms with van der Waals surface area (Å²) >= 11 is 0. The van der Waals surface area contributed by atoms with E-state index < -0.39 is 6.09 Å². The van der Waals surface area contributed by atoms with Gasteiger partial charge in [0, 0.05) is 37.9 Å². The number of carbonyl (C=O) groups is 1. The van der Waals surface area contributed by atoms with E-state index in [1.807, 2.05) is 0 Å². The molecule has 37 heavy (non-hydrogen) atoms. The van der Waals surface area contributed by atoms with Gasteiger partial charge in [0.25, 0.3) is 0 Å². The van der Waals surface area contributed by atoms with Gasteiger partial charge >= 0.3 is 6.09 Å². The second-order valence-corrected chi connectivity index (χ2v) is 11.2. The average Bonchev–Trinajstić information content (AvgIpc) is 2.93. The molecule has 210 valence electrons. The Labute approximate surface area is 225 Å². The van der Waals surface area contributed by atoms with Gasteiger partial charge in [0.05, 0.1) is 13.2 Å². The molecule has 6 nitrogen and oxygen atoms in total. The zero-order valence-corrected chi connectivity index (χ0v) is 23.6. The molecule has 1 atom stereocenters. The van der Waals surface area contributed by atoms with Crippen molar-refractivity contribution in [3.8, 4) is 11.5 Å². The lowest BCUT2D eigenvalue weighted by molar-refractivity contribution is 0.113. The van der Waals surface area contributed by atoms with Gasteiger partial charge in [-0.05, 0) is 62.5 Å². The van der Waals surface area contributed by atoms with Gasteiger partial charge in [0.15, 0.2) is 11.5 Å². The molecule has 1 amide bonds. The van der Waals surface area contributed by atoms with Crippen LogP contribution in [0.25, 0.3) is 0 Å². The van der Waals surface area contributed by atoms with E-state index in [0.29, 0.717) is 25.6 Å². The van der Waals surface area contributed by atoms with Crippen molar-refractivity contribution in [2.45, 2.75) is 104 Å². The lowest BCUT2D eigenvalue weighted by atomic mass is 9.94. The number of ether oxygens (including phenoxy) is 2. The molecule has 1 aromatic rings. The molecule has 2 saturated heterocycles. The third kappa shape index (κ3) is 10.3. The maximum Gasteiger partial charge on any atom is 0.407 e. The van der Waals surface area contributed by atoms with Crippen LogP contribution in [-0.2, 0) is 0 Å². The highest BCUT2D eigenvalue weighted by molar-refractivity contribution is 5.65. The minimum Gasteiger partial charge on any atom is -0.490 e. The predicted molar refractivity (Wildman–Crippen MR) is 152 cm³/mol. The van der Waals surface area contributed by atoms with Gasteiger partial charge in [-0.1, -0.05) is 65.2 Å². The predicted octanol–water partition coefficient (Wildman–Crippen LogP) is 7.99. The number of unbranched alkanes of at least 4 members (excludes halogenated alkanes) is 7. The van der Waals surface area contributed by atoms with E-state index in [4.69, 9.17) is 9.47 Å². The van der Waals surface area contributed by atoms with E-state index in [0.717, 1.165) is 62.8 Å². The summed E-state index contributed by atoms with van der Waals surface area (Å²) in [7, 11) is 0. The number of hydrogen-bond acceptors (Lipinski definition) is 4. The Morgan fingerprint density at radius 1 is 0.865 bits per heavy atom. The molecule has 2 heterocycles. The molecule has 0 aromatic heterocycles. The van der Waals surface area contributed by atoms with Crippen LogP contribution >= 0.6 is 0 Å². The number of likely N-dealkylation sites (tertiary alicyclic amines) is 1. The molecule has 0 aliphatic carbocycles. The van der Waals surface area contributed by atoms with Gasteiger partial charge < -0.3 is 24.4 Å². The topological polar surface area (TPSA) is 62.2 Å². The molecule has 1 N–H and O–H groups in total. The third-order valence-corrected chi connectivity index (χ3v) is 8.31. The number of rotatable bonds is 16. The smallest absolute Gasteiger partial charge is 0.407 e. The van der Waals surface area contributed by atoms with Crippen LogP contribution in [0, 0.1) is 11.8 Å². The van der Waals surface area contributed by atoms with Gasteiger partial charge in [0.2, 0.25) is 0 Å². The Morgan fingerprint density at radius 3 is 2.27 bits per heavy atom. The van der Waals surface area contributed by atoms with Gasteiger partial charge in [-0.3, -0.25) is 0 Å². The minimum atomic E-state index is -0.805. The maximum atomic E-state index is 11.3. The van der Waals surface area contributed by atoms with Crippen LogP contribution in [0.4, 0.5) is 10.5 Å². The molecule has 0 bridgehead atoms. The monoisotopic (exact) mass is 516 g/mol. The molecular formula is C31H52N2O4. The molecule has 0 spiro atoms. The molecule has 2 aliphatic rings. The van der Waals surface area contributed by atoms with Gasteiger partial charge in [0.1, 0.15) is 0 Å². The van der Waals surface area contributed by atoms with Crippen molar-refractivity contribution in [1.29, 1.82) is 0 Å². The van der Waals surface area contributed by atoms with E-state index in [2.05, 4.69) is 36.9 Å². The first-order valence-corrected chi connectivity index (χ1v) is 15.2. The Balaban J connectivity index is 1.51. The second-order valence-electron chi connectivity index (χ2n) is 11.2. The first-order valence-electron chi connectivity index (χ1n) is 15.2. The molecule has 3 rings (SSSR count). The molecule has 0 unspecified atom stereocenters. The van der Waals surface area contributed by atoms with Gasteiger partial charge in [-0.25, -0.2) is 4.79 Å². The highest BCUT2D eigenvalue weighted by atomic mass is 16.5. The largest absolute Gasteiger partial charge is 0.490 e. The summed E-state index contributed by atoms with van der Waals surface area (Å²) in [5.74, 6) is 2.89. The van der Waals surface area contributed by atoms with Gasteiger partial charge in [-0.15, -0.1) is 0 Å². The van der Waals surface area contributed by atoms with E-state index in [1.54, 1.807) is 4.90 Å². The van der Waals surface area contributed by atoms with Crippen molar-refractivity contribution < 1.29 is 19.4 Å². The number of carboxylic acid groups (broad SMARTS) is 1. The van der Waals surface area contributed by atoms with Crippen molar-refractivity contribution in [2.75, 3.05) is 44.3 Å². The molecule has 0 saturated carbocycles. The number of benzene rings is 1. The fourth-order valence-electron chi connectivity index (χ4n) is 5.75. The van der Waals surface area contributed by atoms with Crippen molar-refractivity contribution in [2.24, 2.45) is 11.8 Å². The second kappa shape index (κ2) is 16.7. The highest BCUT2D eigenvalue weighted by Crippen LogP contribution is 2.35. The first-order chi connectivity index (χ1) is 18.1. The van der Waals surface area contributed by atoms with E-state index in [-0.39, 0.29) is 0 Å². The summed E-state index contributed by atoms with van der Waals surface area (Å²) in [6, 6.07) is 6.44. The standard InChI is InChI=1S/C31H52N2O4/c1-3-5-6-7-8-9-10-11-22-36-30-24-28(32-20-16-26(4-2)17-21-32)14-15-29(30)37-23-18-27-13-12-19-33(25-27)31(34)35/h14-15,24,26-27H,3-13,16-23,25H2,1-2H3,(H,34,35)/t27-/m1/s1. The van der Waals surface area contributed by atoms with Crippen molar-refractivity contribution >= 4 is 11.8 Å². The lowest BCUT2D eigenvalue weighted by Crippen LogP contribution is -2.39. The van der Waals surface area contributed by atoms with Crippen LogP contribution in [0.15, 0.2) is 18.2 Å². The fourth-order valence-corrected chi connectivity index (χ4v) is 5.75. The van der Waals surface area contributed by atoms with Crippen molar-refractivity contribution in [3.05, 3.63) is 18.2 Å². The van der Waals surface area contributed by atoms with E-state index in [9.17, 15) is 9.90 Å². The number of hydrogen-bond donors (Lipinski definition) is 1. The number of anilines is 1. The van der Waals surface area contributed by atoms with E-state index in [1.165, 1.54) is 69.9 Å². The SMILES string of the molecule is CCCCCCCCCCOc1cc(N2CCC(CC)CC2)ccc1OCC[C@H]1CCCN(C(=O)O)C1. The summed E-state index contributed by atoms with van der Waals surface area (Å²) in [6.45, 7) is 9.37. The summed E-state index contributed by atoms with van der Waals surface area (Å²) in [6.07, 6.45) is 16.2. The average molecular weight is 517 g/mol. The van der Waals surface area contributed by atoms with Crippen LogP contribution in [0.3, 0.4) is 0 Å². The maximum absolute atomic E-state index is 11.3.